The summed E-state index contributed by atoms with van der Waals surface area (Å²) in [6, 6.07) is 0. The van der Waals surface area contributed by atoms with Crippen LogP contribution in [0.2, 0.25) is 0 Å². The molecule has 490 valence electrons. The lowest BCUT2D eigenvalue weighted by Gasteiger charge is -2.58. The standard InChI is InChI=1S/C57H94O28/c1-21(16-58)8-13-57(74)22(2)34-29(85-57)15-28-26-7-6-24-14-25(9-11-55(24,4)27(26)10-12-56(28,34)5)76-53-49(84-50-42(70)38(66)35(63)23(3)75-50)45(73)47(33(20-62)80-53)82-54-48(40(68)37(65)31(18-60)78-54)83-52-44(72)41(69)46(32(19-61)79-52)81-51-43(71)39(67)36(64)30(17-59)77-51/h6,21-23,25-54,58-74H,7-20H2,1-5H3/t21?,22-,23+,25-,26+,27-,28-,29-,30+,31+,32+,33+,34-,35+,36+,37+,38-,39-,40-,41+,42-,43+,44+,45-,46+,47+,48+,49+,50-,51-,52-,53+,54-,55-,56-,57?/m0/s1. The van der Waals surface area contributed by atoms with Crippen molar-refractivity contribution in [3.8, 4) is 0 Å². The number of fused-ring (bicyclic) bond motifs is 7. The van der Waals surface area contributed by atoms with E-state index in [0.717, 1.165) is 32.1 Å². The van der Waals surface area contributed by atoms with Crippen molar-refractivity contribution in [2.45, 2.75) is 264 Å². The van der Waals surface area contributed by atoms with Crippen LogP contribution in [0.25, 0.3) is 0 Å². The minimum absolute atomic E-state index is 0.0376. The molecule has 6 heterocycles. The van der Waals surface area contributed by atoms with Crippen LogP contribution in [-0.2, 0) is 52.1 Å². The number of allylic oxidation sites excluding steroid dienone is 1. The van der Waals surface area contributed by atoms with E-state index in [1.807, 2.05) is 6.92 Å². The number of aliphatic hydroxyl groups is 17. The lowest BCUT2D eigenvalue weighted by molar-refractivity contribution is -0.405. The van der Waals surface area contributed by atoms with E-state index in [1.165, 1.54) is 12.5 Å². The van der Waals surface area contributed by atoms with E-state index in [1.54, 1.807) is 0 Å². The molecule has 0 aromatic heterocycles. The first-order valence-electron chi connectivity index (χ1n) is 30.4. The van der Waals surface area contributed by atoms with E-state index < -0.39 is 192 Å². The van der Waals surface area contributed by atoms with Crippen LogP contribution in [0, 0.1) is 46.3 Å². The predicted octanol–water partition coefficient (Wildman–Crippen LogP) is -5.18. The highest BCUT2D eigenvalue weighted by molar-refractivity contribution is 5.26. The summed E-state index contributed by atoms with van der Waals surface area (Å²) in [6.45, 7) is 6.68. The van der Waals surface area contributed by atoms with Crippen LogP contribution in [0.15, 0.2) is 11.6 Å². The van der Waals surface area contributed by atoms with Crippen molar-refractivity contribution < 1.29 is 139 Å². The Morgan fingerprint density at radius 3 is 1.66 bits per heavy atom. The summed E-state index contributed by atoms with van der Waals surface area (Å²) < 4.78 is 66.9. The lowest BCUT2D eigenvalue weighted by Crippen LogP contribution is -2.68. The zero-order chi connectivity index (χ0) is 61.5. The zero-order valence-corrected chi connectivity index (χ0v) is 48.6. The second-order valence-corrected chi connectivity index (χ2v) is 26.6. The third-order valence-corrected chi connectivity index (χ3v) is 21.6. The summed E-state index contributed by atoms with van der Waals surface area (Å²) in [5.41, 5.74) is 0.973. The van der Waals surface area contributed by atoms with E-state index in [4.69, 9.17) is 52.1 Å². The van der Waals surface area contributed by atoms with E-state index in [0.29, 0.717) is 43.4 Å². The molecular formula is C57H94O28. The first-order valence-corrected chi connectivity index (χ1v) is 30.4. The Morgan fingerprint density at radius 1 is 0.541 bits per heavy atom. The van der Waals surface area contributed by atoms with Gasteiger partial charge in [0.05, 0.1) is 44.7 Å². The van der Waals surface area contributed by atoms with Gasteiger partial charge in [-0.2, -0.15) is 0 Å². The maximum absolute atomic E-state index is 12.5. The van der Waals surface area contributed by atoms with Crippen LogP contribution in [-0.4, -0.2) is 291 Å². The predicted molar refractivity (Wildman–Crippen MR) is 283 cm³/mol. The van der Waals surface area contributed by atoms with Gasteiger partial charge in [0.15, 0.2) is 37.2 Å². The van der Waals surface area contributed by atoms with Crippen LogP contribution in [0.3, 0.4) is 0 Å². The van der Waals surface area contributed by atoms with Crippen LogP contribution < -0.4 is 0 Å². The van der Waals surface area contributed by atoms with Crippen LogP contribution in [0.5, 0.6) is 0 Å². The van der Waals surface area contributed by atoms with Crippen LogP contribution in [0.4, 0.5) is 0 Å². The van der Waals surface area contributed by atoms with E-state index in [2.05, 4.69) is 26.8 Å². The van der Waals surface area contributed by atoms with Gasteiger partial charge >= 0.3 is 0 Å². The van der Waals surface area contributed by atoms with E-state index >= 15 is 0 Å². The number of ether oxygens (including phenoxy) is 11. The highest BCUT2D eigenvalue weighted by Gasteiger charge is 2.68. The Balaban J connectivity index is 0.858. The fourth-order valence-electron chi connectivity index (χ4n) is 16.5. The molecule has 0 aromatic rings. The summed E-state index contributed by atoms with van der Waals surface area (Å²) in [5.74, 6) is 0.0461. The largest absolute Gasteiger partial charge is 0.396 e. The van der Waals surface area contributed by atoms with Gasteiger partial charge in [-0.25, -0.2) is 0 Å². The number of hydrogen-bond acceptors (Lipinski definition) is 28. The Bertz CT molecular complexity index is 2240. The van der Waals surface area contributed by atoms with Crippen molar-refractivity contribution in [1.82, 2.24) is 0 Å². The van der Waals surface area contributed by atoms with Crippen LogP contribution in [0.1, 0.15) is 92.4 Å². The summed E-state index contributed by atoms with van der Waals surface area (Å²) >= 11 is 0. The second kappa shape index (κ2) is 26.3. The van der Waals surface area contributed by atoms with Gasteiger partial charge in [-0.05, 0) is 98.7 Å². The fraction of sp³-hybridized carbons (Fsp3) is 0.965. The molecule has 10 aliphatic rings. The molecule has 3 saturated carbocycles. The topological polar surface area (TPSA) is 445 Å². The summed E-state index contributed by atoms with van der Waals surface area (Å²) in [4.78, 5) is 0. The molecular weight excluding hydrogens is 1130 g/mol. The normalized spacial score (nSPS) is 54.8. The maximum Gasteiger partial charge on any atom is 0.187 e. The molecule has 0 bridgehead atoms. The Hall–Kier alpha value is -1.38. The van der Waals surface area contributed by atoms with Gasteiger partial charge in [0.25, 0.3) is 0 Å². The molecule has 10 rings (SSSR count). The molecule has 6 saturated heterocycles. The van der Waals surface area contributed by atoms with Crippen molar-refractivity contribution in [3.63, 3.8) is 0 Å². The Kier molecular flexibility index (Phi) is 20.6. The first kappa shape index (κ1) is 66.5. The molecule has 0 radical (unpaired) electrons. The highest BCUT2D eigenvalue weighted by atomic mass is 16.8. The smallest absolute Gasteiger partial charge is 0.187 e. The van der Waals surface area contributed by atoms with Gasteiger partial charge in [-0.1, -0.05) is 39.3 Å². The van der Waals surface area contributed by atoms with Crippen molar-refractivity contribution in [1.29, 1.82) is 0 Å². The third-order valence-electron chi connectivity index (χ3n) is 21.6. The average Bonchev–Trinajstić information content (AvgIpc) is 1.63. The monoisotopic (exact) mass is 1230 g/mol. The summed E-state index contributed by atoms with van der Waals surface area (Å²) in [6.07, 6.45) is -36.5. The first-order chi connectivity index (χ1) is 40.3. The van der Waals surface area contributed by atoms with E-state index in [9.17, 15) is 86.8 Å². The highest BCUT2D eigenvalue weighted by Crippen LogP contribution is 2.70. The molecule has 2 unspecified atom stereocenters. The molecule has 28 nitrogen and oxygen atoms in total. The maximum atomic E-state index is 12.5. The molecule has 4 aliphatic carbocycles. The molecule has 17 N–H and O–H groups in total. The number of hydrogen-bond donors (Lipinski definition) is 17. The third kappa shape index (κ3) is 12.1. The van der Waals surface area contributed by atoms with Crippen molar-refractivity contribution in [3.05, 3.63) is 11.6 Å². The molecule has 9 fully saturated rings. The van der Waals surface area contributed by atoms with Crippen molar-refractivity contribution in [2.24, 2.45) is 46.3 Å². The van der Waals surface area contributed by atoms with Gasteiger partial charge in [-0.3, -0.25) is 0 Å². The Labute approximate surface area is 492 Å². The van der Waals surface area contributed by atoms with Gasteiger partial charge in [0.1, 0.15) is 116 Å². The second-order valence-electron chi connectivity index (χ2n) is 26.6. The molecule has 0 amide bonds. The molecule has 0 aromatic carbocycles. The minimum atomic E-state index is -2.16. The Morgan fingerprint density at radius 2 is 1.04 bits per heavy atom. The fourth-order valence-corrected chi connectivity index (χ4v) is 16.5. The quantitative estimate of drug-likeness (QED) is 0.0571. The molecule has 28 heteroatoms. The summed E-state index contributed by atoms with van der Waals surface area (Å²) in [7, 11) is 0. The average molecular weight is 1230 g/mol. The zero-order valence-electron chi connectivity index (χ0n) is 48.6. The van der Waals surface area contributed by atoms with Gasteiger partial charge in [0.2, 0.25) is 0 Å². The lowest BCUT2D eigenvalue weighted by atomic mass is 9.47. The van der Waals surface area contributed by atoms with E-state index in [-0.39, 0.29) is 41.3 Å². The number of rotatable bonds is 18. The minimum Gasteiger partial charge on any atom is -0.396 e. The SMILES string of the molecule is CC(CO)CCC1(O)O[C@H]2C[C@H]3[C@@H]4CC=C5C[C@@H](O[C@@H]6O[C@H](CO)[C@@H](O[C@@H]7O[C@H](CO)[C@@H](O)[C@H](O)[C@H]7O[C@@H]7O[C@H](CO)[C@@H](O[C@@H]8O[C@H](CO)[C@@H](O)[C@H](O)[C@H]8O)[C@H](O)[C@H]7O)[C@H](O)[C@H]6O[C@@H]6O[C@H](C)[C@@H](O)[C@H](O)[C@@H]6O)CC[C@]5(C)[C@H]4CC[C@]3(C)[C@H]2[C@@H]1C. The van der Waals surface area contributed by atoms with Gasteiger partial charge < -0.3 is 139 Å². The van der Waals surface area contributed by atoms with Crippen molar-refractivity contribution >= 4 is 0 Å². The molecule has 85 heavy (non-hydrogen) atoms. The molecule has 0 spiro atoms. The number of aliphatic hydroxyl groups excluding tert-OH is 16. The molecule has 6 aliphatic heterocycles. The van der Waals surface area contributed by atoms with Crippen molar-refractivity contribution in [2.75, 3.05) is 33.0 Å². The van der Waals surface area contributed by atoms with Gasteiger partial charge in [-0.15, -0.1) is 0 Å². The molecule has 36 atom stereocenters. The van der Waals surface area contributed by atoms with Crippen LogP contribution >= 0.6 is 0 Å². The van der Waals surface area contributed by atoms with Gasteiger partial charge in [0, 0.05) is 18.9 Å². The summed E-state index contributed by atoms with van der Waals surface area (Å²) in [5, 5.41) is 185.